The topological polar surface area (TPSA) is 397 Å². The van der Waals surface area contributed by atoms with Gasteiger partial charge in [0.05, 0.1) is 42.0 Å². The molecule has 30 heteroatoms. The lowest BCUT2D eigenvalue weighted by molar-refractivity contribution is -0.163. The van der Waals surface area contributed by atoms with E-state index in [-0.39, 0.29) is 34.4 Å². The summed E-state index contributed by atoms with van der Waals surface area (Å²) in [6.07, 6.45) is -5.02. The van der Waals surface area contributed by atoms with E-state index in [1.807, 2.05) is 0 Å². The van der Waals surface area contributed by atoms with Gasteiger partial charge in [-0.2, -0.15) is 0 Å². The molecule has 1 aromatic rings. The minimum absolute atomic E-state index is 0.0284. The maximum Gasteiger partial charge on any atom is 0.329 e. The molecule has 7 rings (SSSR count). The standard InChI is InChI=1S/C62H84N12O18/c1-24(2)42-58(85)73-28(8)20-37(76)49(73)60(87)70(15)23-39(78)72(17)48(26(5)6)62(89)91-33(13)44(55(82)65-42)67-53(80)34-19-18-27(7)51-46(34)64-47-40(41(63)50(79)29(9)52(47)92-51)54(81)68-45-32(12)90-61(88)31(11)71(16)38(77)22-69(14)57(84)35-21-36(75)30(10)74(35)59(86)43(25(3)4)66-56(45)83/h18-19,24-26,28,30-33,35,37,42-45,48-49,76H,20-23,63H2,1-17H3,(H,65,82)(H,66,83)(H,67,80)(H,68,81)/t28?,30?,31-,32+,33+,35+,37?,42-,43-,44-,45+,48+,49+/m1/s1. The molecule has 0 saturated carbocycles. The number of Topliss-reactive ketones (excluding diaryl/α,β-unsaturated/α-hetero) is 1. The summed E-state index contributed by atoms with van der Waals surface area (Å²) < 4.78 is 18.1. The number of nitrogens with one attached hydrogen (secondary N) is 4. The number of esters is 2. The van der Waals surface area contributed by atoms with Gasteiger partial charge in [0.15, 0.2) is 17.1 Å². The van der Waals surface area contributed by atoms with Crippen LogP contribution in [-0.4, -0.2) is 236 Å². The molecule has 3 unspecified atom stereocenters. The van der Waals surface area contributed by atoms with E-state index in [9.17, 15) is 62.6 Å². The zero-order valence-corrected chi connectivity index (χ0v) is 54.8. The second-order valence-corrected chi connectivity index (χ2v) is 25.6. The first kappa shape index (κ1) is 70.4. The molecule has 500 valence electrons. The first-order valence-corrected chi connectivity index (χ1v) is 30.5. The molecule has 30 nitrogen and oxygen atoms in total. The highest BCUT2D eigenvalue weighted by atomic mass is 16.6. The Balaban J connectivity index is 1.33. The molecule has 0 spiro atoms. The van der Waals surface area contributed by atoms with Crippen molar-refractivity contribution in [1.82, 2.24) is 55.7 Å². The summed E-state index contributed by atoms with van der Waals surface area (Å²) in [4.78, 5) is 211. The molecule has 10 amide bonds. The van der Waals surface area contributed by atoms with Crippen LogP contribution in [0.15, 0.2) is 21.3 Å². The molecule has 7 N–H and O–H groups in total. The molecule has 6 aliphatic rings. The van der Waals surface area contributed by atoms with Crippen LogP contribution in [0.2, 0.25) is 0 Å². The smallest absolute Gasteiger partial charge is 0.329 e. The van der Waals surface area contributed by atoms with Crippen molar-refractivity contribution >= 4 is 93.6 Å². The Bertz CT molecular complexity index is 3570. The predicted octanol–water partition coefficient (Wildman–Crippen LogP) is -0.984. The van der Waals surface area contributed by atoms with Crippen LogP contribution in [0.5, 0.6) is 0 Å². The summed E-state index contributed by atoms with van der Waals surface area (Å²) >= 11 is 0. The van der Waals surface area contributed by atoms with Gasteiger partial charge in [0, 0.05) is 46.2 Å². The lowest BCUT2D eigenvalue weighted by Gasteiger charge is -2.37. The molecule has 4 fully saturated rings. The van der Waals surface area contributed by atoms with E-state index in [0.717, 1.165) is 24.5 Å². The first-order chi connectivity index (χ1) is 42.8. The van der Waals surface area contributed by atoms with Crippen LogP contribution in [0, 0.1) is 31.6 Å². The predicted molar refractivity (Wildman–Crippen MR) is 327 cm³/mol. The highest BCUT2D eigenvalue weighted by Crippen LogP contribution is 2.36. The minimum Gasteiger partial charge on any atom is -0.458 e. The fourth-order valence-corrected chi connectivity index (χ4v) is 12.1. The summed E-state index contributed by atoms with van der Waals surface area (Å²) in [5.74, 6) is -14.2. The summed E-state index contributed by atoms with van der Waals surface area (Å²) in [7, 11) is 5.21. The van der Waals surface area contributed by atoms with E-state index in [0.29, 0.717) is 5.56 Å². The van der Waals surface area contributed by atoms with Crippen molar-refractivity contribution in [2.75, 3.05) is 47.0 Å². The van der Waals surface area contributed by atoms with Crippen LogP contribution in [0.25, 0.3) is 22.6 Å². The quantitative estimate of drug-likeness (QED) is 0.0940. The minimum atomic E-state index is -1.97. The van der Waals surface area contributed by atoms with Crippen LogP contribution in [0.1, 0.15) is 121 Å². The number of anilines is 1. The Kier molecular flexibility index (Phi) is 21.0. The number of carbonyl (C=O) groups is 13. The molecular weight excluding hydrogens is 1200 g/mol. The van der Waals surface area contributed by atoms with E-state index in [2.05, 4.69) is 21.3 Å². The fraction of sp³-hybridized carbons (Fsp3) is 0.597. The van der Waals surface area contributed by atoms with Crippen molar-refractivity contribution in [3.05, 3.63) is 44.6 Å². The number of fused-ring (bicyclic) bond motifs is 4. The molecule has 1 aliphatic carbocycles. The molecule has 92 heavy (non-hydrogen) atoms. The van der Waals surface area contributed by atoms with Gasteiger partial charge in [0.1, 0.15) is 71.8 Å². The maximum absolute atomic E-state index is 15.1. The number of rotatable bonds is 7. The highest BCUT2D eigenvalue weighted by molar-refractivity contribution is 6.11. The second-order valence-electron chi connectivity index (χ2n) is 25.6. The van der Waals surface area contributed by atoms with E-state index < -0.39 is 215 Å². The molecule has 5 aliphatic heterocycles. The number of nitrogens with two attached hydrogens (primary N) is 1. The van der Waals surface area contributed by atoms with Gasteiger partial charge >= 0.3 is 11.9 Å². The molecule has 4 saturated heterocycles. The lowest BCUT2D eigenvalue weighted by atomic mass is 9.98. The van der Waals surface area contributed by atoms with Crippen molar-refractivity contribution in [1.29, 1.82) is 0 Å². The van der Waals surface area contributed by atoms with Gasteiger partial charge in [-0.25, -0.2) is 14.6 Å². The summed E-state index contributed by atoms with van der Waals surface area (Å²) in [6, 6.07) is -11.4. The Morgan fingerprint density at radius 1 is 0.663 bits per heavy atom. The fourth-order valence-electron chi connectivity index (χ4n) is 12.1. The van der Waals surface area contributed by atoms with Gasteiger partial charge in [-0.1, -0.05) is 47.6 Å². The van der Waals surface area contributed by atoms with Crippen LogP contribution in [0.3, 0.4) is 0 Å². The number of likely N-dealkylation sites (N-methyl/N-ethyl adjacent to an activating group) is 4. The SMILES string of the molecule is Cc1c2oc3c(C)ccc(C(=O)N[C@H]4C(=O)N[C@H](C(C)C)C(=O)N5C(C)CC(O)[C@H]5C(=O)N(C)CC(=O)N(C)[C@@H](C(C)C)C(=O)O[C@H]4C)c3nc-2c(C(=O)N[C@@H]2C(=O)N[C@H](C(C)C)C(=O)N3C(C)C(=O)C[C@H]3C(=O)N(C)CC(=O)N(C)[C@H](C)C(=O)O[C@H]2C)c(N)c1=O. The van der Waals surface area contributed by atoms with Gasteiger partial charge in [-0.05, 0) is 84.3 Å². The number of aliphatic hydroxyl groups excluding tert-OH is 1. The zero-order chi connectivity index (χ0) is 68.9. The largest absolute Gasteiger partial charge is 0.458 e. The number of cyclic esters (lactones) is 2. The molecule has 0 radical (unpaired) electrons. The maximum atomic E-state index is 15.1. The number of hydrogen-bond donors (Lipinski definition) is 6. The van der Waals surface area contributed by atoms with Crippen LogP contribution >= 0.6 is 0 Å². The van der Waals surface area contributed by atoms with Gasteiger partial charge in [-0.15, -0.1) is 0 Å². The summed E-state index contributed by atoms with van der Waals surface area (Å²) in [6.45, 7) is 18.2. The molecule has 5 heterocycles. The molecular formula is C62H84N12O18. The number of aryl methyl sites for hydroxylation is 1. The van der Waals surface area contributed by atoms with Crippen molar-refractivity contribution in [3.63, 3.8) is 0 Å². The Hall–Kier alpha value is -9.09. The third-order valence-electron chi connectivity index (χ3n) is 17.9. The third kappa shape index (κ3) is 13.5. The van der Waals surface area contributed by atoms with Gasteiger partial charge in [0.2, 0.25) is 52.7 Å². The summed E-state index contributed by atoms with van der Waals surface area (Å²) in [5.41, 5.74) is 3.10. The average molecular weight is 1290 g/mol. The zero-order valence-electron chi connectivity index (χ0n) is 54.8. The van der Waals surface area contributed by atoms with Crippen molar-refractivity contribution < 1.29 is 81.3 Å². The number of nitrogens with zero attached hydrogens (tertiary/aromatic N) is 7. The second kappa shape index (κ2) is 27.4. The van der Waals surface area contributed by atoms with Crippen LogP contribution in [0.4, 0.5) is 5.69 Å². The number of nitrogen functional groups attached to an aromatic ring is 1. The number of ketones is 1. The number of benzene rings is 2. The molecule has 0 bridgehead atoms. The number of carbonyl (C=O) groups excluding carboxylic acids is 13. The number of aliphatic hydroxyl groups is 1. The van der Waals surface area contributed by atoms with E-state index in [4.69, 9.17) is 24.6 Å². The third-order valence-corrected chi connectivity index (χ3v) is 17.9. The van der Waals surface area contributed by atoms with Crippen molar-refractivity contribution in [2.45, 2.75) is 182 Å². The first-order valence-electron chi connectivity index (χ1n) is 30.5. The number of aromatic nitrogens is 1. The van der Waals surface area contributed by atoms with E-state index in [1.165, 1.54) is 79.8 Å². The molecule has 0 aromatic heterocycles. The lowest BCUT2D eigenvalue weighted by Crippen LogP contribution is -2.62. The highest BCUT2D eigenvalue weighted by Gasteiger charge is 2.51. The van der Waals surface area contributed by atoms with Crippen molar-refractivity contribution in [2.24, 2.45) is 17.8 Å². The van der Waals surface area contributed by atoms with Crippen molar-refractivity contribution in [3.8, 4) is 11.5 Å². The summed E-state index contributed by atoms with van der Waals surface area (Å²) in [5, 5.41) is 21.7. The Morgan fingerprint density at radius 3 is 1.72 bits per heavy atom. The van der Waals surface area contributed by atoms with Crippen LogP contribution < -0.4 is 32.4 Å². The Morgan fingerprint density at radius 2 is 1.17 bits per heavy atom. The van der Waals surface area contributed by atoms with Gasteiger partial charge < -0.3 is 75.4 Å². The van der Waals surface area contributed by atoms with E-state index >= 15 is 9.59 Å². The number of ether oxygens (including phenoxy) is 2. The molecule has 1 aromatic carbocycles. The number of amides is 10. The average Bonchev–Trinajstić information content (AvgIpc) is 1.23. The van der Waals surface area contributed by atoms with Crippen LogP contribution in [-0.2, 0) is 62.2 Å². The normalized spacial score (nSPS) is 28.3. The Labute approximate surface area is 531 Å². The van der Waals surface area contributed by atoms with E-state index in [1.54, 1.807) is 55.4 Å². The monoisotopic (exact) mass is 1280 g/mol. The van der Waals surface area contributed by atoms with Gasteiger partial charge in [-0.3, -0.25) is 57.5 Å². The number of hydrogen-bond acceptors (Lipinski definition) is 20. The van der Waals surface area contributed by atoms with Gasteiger partial charge in [0.25, 0.3) is 11.8 Å². The molecule has 13 atom stereocenters.